The molecular formula is C17H18FN3O3. The Balaban J connectivity index is 2.07. The number of nitrogens with one attached hydrogen (secondary N) is 1. The quantitative estimate of drug-likeness (QED) is 0.787. The zero-order valence-corrected chi connectivity index (χ0v) is 13.3. The summed E-state index contributed by atoms with van der Waals surface area (Å²) in [4.78, 5) is 17.3. The van der Waals surface area contributed by atoms with E-state index in [1.165, 1.54) is 48.4 Å². The van der Waals surface area contributed by atoms with E-state index in [4.69, 9.17) is 0 Å². The van der Waals surface area contributed by atoms with Crippen molar-refractivity contribution in [3.05, 3.63) is 47.9 Å². The predicted molar refractivity (Wildman–Crippen MR) is 87.0 cm³/mol. The molecule has 1 aromatic heterocycles. The number of hydrogen-bond donors (Lipinski definition) is 3. The molecule has 0 saturated heterocycles. The van der Waals surface area contributed by atoms with Crippen LogP contribution in [-0.2, 0) is 4.79 Å². The zero-order valence-electron chi connectivity index (χ0n) is 13.3. The van der Waals surface area contributed by atoms with Gasteiger partial charge in [-0.05, 0) is 24.3 Å². The number of aromatic nitrogens is 1. The van der Waals surface area contributed by atoms with Crippen LogP contribution >= 0.6 is 0 Å². The highest BCUT2D eigenvalue weighted by Crippen LogP contribution is 2.42. The molecule has 1 amide bonds. The van der Waals surface area contributed by atoms with E-state index in [2.05, 4.69) is 10.3 Å². The molecule has 0 saturated carbocycles. The number of fused-ring (bicyclic) bond motifs is 1. The molecule has 0 bridgehead atoms. The molecule has 3 N–H and O–H groups in total. The van der Waals surface area contributed by atoms with Crippen molar-refractivity contribution in [3.8, 4) is 5.75 Å². The van der Waals surface area contributed by atoms with Crippen LogP contribution in [0.5, 0.6) is 5.75 Å². The maximum atomic E-state index is 13.8. The third-order valence-corrected chi connectivity index (χ3v) is 4.23. The molecule has 1 aliphatic rings. The van der Waals surface area contributed by atoms with E-state index in [-0.39, 0.29) is 11.7 Å². The molecule has 126 valence electrons. The Morgan fingerprint density at radius 2 is 2.08 bits per heavy atom. The summed E-state index contributed by atoms with van der Waals surface area (Å²) >= 11 is 0. The van der Waals surface area contributed by atoms with Gasteiger partial charge in [-0.15, -0.1) is 0 Å². The van der Waals surface area contributed by atoms with Crippen LogP contribution in [0.3, 0.4) is 0 Å². The second-order valence-electron chi connectivity index (χ2n) is 5.89. The normalized spacial score (nSPS) is 22.8. The molecule has 24 heavy (non-hydrogen) atoms. The lowest BCUT2D eigenvalue weighted by Crippen LogP contribution is -2.50. The lowest BCUT2D eigenvalue weighted by atomic mass is 9.86. The van der Waals surface area contributed by atoms with Crippen molar-refractivity contribution in [2.75, 3.05) is 10.2 Å². The maximum Gasteiger partial charge on any atom is 0.225 e. The van der Waals surface area contributed by atoms with Gasteiger partial charge in [-0.25, -0.2) is 9.37 Å². The van der Waals surface area contributed by atoms with Crippen LogP contribution in [0.1, 0.15) is 25.5 Å². The molecule has 0 spiro atoms. The molecule has 6 nitrogen and oxygen atoms in total. The summed E-state index contributed by atoms with van der Waals surface area (Å²) in [5.41, 5.74) is 1.00. The first-order valence-corrected chi connectivity index (χ1v) is 7.57. The smallest absolute Gasteiger partial charge is 0.225 e. The van der Waals surface area contributed by atoms with Gasteiger partial charge in [-0.1, -0.05) is 6.92 Å². The third-order valence-electron chi connectivity index (χ3n) is 4.23. The maximum absolute atomic E-state index is 13.8. The van der Waals surface area contributed by atoms with Crippen LogP contribution in [0.2, 0.25) is 0 Å². The van der Waals surface area contributed by atoms with E-state index >= 15 is 0 Å². The molecule has 7 heteroatoms. The van der Waals surface area contributed by atoms with Crippen molar-refractivity contribution < 1.29 is 19.4 Å². The van der Waals surface area contributed by atoms with Crippen LogP contribution in [0.15, 0.2) is 36.5 Å². The highest BCUT2D eigenvalue weighted by molar-refractivity contribution is 5.93. The van der Waals surface area contributed by atoms with Gasteiger partial charge in [0.15, 0.2) is 0 Å². The summed E-state index contributed by atoms with van der Waals surface area (Å²) in [7, 11) is 0. The van der Waals surface area contributed by atoms with Gasteiger partial charge >= 0.3 is 0 Å². The van der Waals surface area contributed by atoms with Gasteiger partial charge in [0.1, 0.15) is 23.6 Å². The fourth-order valence-electron chi connectivity index (χ4n) is 3.05. The largest absolute Gasteiger partial charge is 0.508 e. The lowest BCUT2D eigenvalue weighted by Gasteiger charge is -2.42. The summed E-state index contributed by atoms with van der Waals surface area (Å²) in [6.07, 6.45) is 0.380. The van der Waals surface area contributed by atoms with Crippen molar-refractivity contribution in [2.45, 2.75) is 26.1 Å². The number of anilines is 2. The van der Waals surface area contributed by atoms with Gasteiger partial charge < -0.3 is 15.5 Å². The Morgan fingerprint density at radius 3 is 2.75 bits per heavy atom. The number of rotatable bonds is 2. The van der Waals surface area contributed by atoms with E-state index in [9.17, 15) is 19.4 Å². The van der Waals surface area contributed by atoms with Crippen molar-refractivity contribution in [1.29, 1.82) is 0 Å². The average Bonchev–Trinajstić information content (AvgIpc) is 2.52. The van der Waals surface area contributed by atoms with E-state index in [1.54, 1.807) is 6.92 Å². The number of aliphatic hydroxyl groups excluding tert-OH is 1. The Kier molecular flexibility index (Phi) is 4.11. The third kappa shape index (κ3) is 2.78. The number of carbonyl (C=O) groups excluding carboxylic acids is 1. The summed E-state index contributed by atoms with van der Waals surface area (Å²) < 4.78 is 13.8. The Bertz CT molecular complexity index is 783. The minimum absolute atomic E-state index is 0.0429. The molecule has 0 fully saturated rings. The monoisotopic (exact) mass is 331 g/mol. The van der Waals surface area contributed by atoms with E-state index < -0.39 is 24.0 Å². The van der Waals surface area contributed by atoms with E-state index in [0.29, 0.717) is 17.1 Å². The Labute approximate surface area is 138 Å². The molecule has 0 aliphatic carbocycles. The number of halogens is 1. The van der Waals surface area contributed by atoms with Gasteiger partial charge in [0.25, 0.3) is 0 Å². The minimum atomic E-state index is -1.06. The van der Waals surface area contributed by atoms with Crippen molar-refractivity contribution in [1.82, 2.24) is 4.98 Å². The van der Waals surface area contributed by atoms with Crippen LogP contribution in [0.4, 0.5) is 15.9 Å². The zero-order chi connectivity index (χ0) is 17.4. The molecule has 3 rings (SSSR count). The van der Waals surface area contributed by atoms with Crippen molar-refractivity contribution in [2.24, 2.45) is 5.92 Å². The number of aromatic hydroxyl groups is 1. The summed E-state index contributed by atoms with van der Waals surface area (Å²) in [6, 6.07) is 6.47. The second-order valence-corrected chi connectivity index (χ2v) is 5.89. The molecule has 2 aromatic rings. The van der Waals surface area contributed by atoms with Gasteiger partial charge in [-0.2, -0.15) is 0 Å². The SMILES string of the molecule is CC(=O)N1c2ccc(F)cc2[C@H](Nc2cc(O)ccn2)[C@@H](C)[C@@H]1O. The molecule has 1 aliphatic heterocycles. The first-order valence-electron chi connectivity index (χ1n) is 7.57. The number of pyridine rings is 1. The molecule has 3 atom stereocenters. The number of nitrogens with zero attached hydrogens (tertiary/aromatic N) is 2. The highest BCUT2D eigenvalue weighted by atomic mass is 19.1. The number of benzene rings is 1. The van der Waals surface area contributed by atoms with Gasteiger partial charge in [-0.3, -0.25) is 9.69 Å². The van der Waals surface area contributed by atoms with Gasteiger partial charge in [0.05, 0.1) is 11.7 Å². The second kappa shape index (κ2) is 6.09. The van der Waals surface area contributed by atoms with Crippen molar-refractivity contribution in [3.63, 3.8) is 0 Å². The van der Waals surface area contributed by atoms with Crippen molar-refractivity contribution >= 4 is 17.4 Å². The fourth-order valence-corrected chi connectivity index (χ4v) is 3.05. The molecule has 2 heterocycles. The number of carbonyl (C=O) groups is 1. The predicted octanol–water partition coefficient (Wildman–Crippen LogP) is 2.40. The Morgan fingerprint density at radius 1 is 1.33 bits per heavy atom. The Hall–Kier alpha value is -2.67. The van der Waals surface area contributed by atoms with Gasteiger partial charge in [0, 0.05) is 30.7 Å². The van der Waals surface area contributed by atoms with Crippen LogP contribution < -0.4 is 10.2 Å². The lowest BCUT2D eigenvalue weighted by molar-refractivity contribution is -0.119. The average molecular weight is 331 g/mol. The topological polar surface area (TPSA) is 85.7 Å². The highest BCUT2D eigenvalue weighted by Gasteiger charge is 2.39. The summed E-state index contributed by atoms with van der Waals surface area (Å²) in [5, 5.41) is 23.2. The minimum Gasteiger partial charge on any atom is -0.508 e. The van der Waals surface area contributed by atoms with Crippen LogP contribution in [-0.4, -0.2) is 27.3 Å². The molecule has 0 unspecified atom stereocenters. The van der Waals surface area contributed by atoms with Gasteiger partial charge in [0.2, 0.25) is 5.91 Å². The number of hydrogen-bond acceptors (Lipinski definition) is 5. The molecule has 0 radical (unpaired) electrons. The first kappa shape index (κ1) is 16.2. The summed E-state index contributed by atoms with van der Waals surface area (Å²) in [6.45, 7) is 3.11. The van der Waals surface area contributed by atoms with Crippen LogP contribution in [0.25, 0.3) is 0 Å². The fraction of sp³-hybridized carbons (Fsp3) is 0.294. The van der Waals surface area contributed by atoms with E-state index in [0.717, 1.165) is 0 Å². The first-order chi connectivity index (χ1) is 11.4. The molecular weight excluding hydrogens is 313 g/mol. The van der Waals surface area contributed by atoms with Crippen LogP contribution in [0, 0.1) is 11.7 Å². The number of amides is 1. The van der Waals surface area contributed by atoms with E-state index in [1.807, 2.05) is 0 Å². The number of aliphatic hydroxyl groups is 1. The molecule has 1 aromatic carbocycles. The summed E-state index contributed by atoms with van der Waals surface area (Å²) in [5.74, 6) is -0.744. The standard InChI is InChI=1S/C17H18FN3O3/c1-9-16(20-15-8-12(23)5-6-19-15)13-7-11(18)3-4-14(13)21(10(2)22)17(9)24/h3-9,16-17,24H,1-2H3,(H2,19,20,23)/t9-,16-,17+/m1/s1.